The van der Waals surface area contributed by atoms with Crippen molar-refractivity contribution in [3.63, 3.8) is 0 Å². The summed E-state index contributed by atoms with van der Waals surface area (Å²) in [6.45, 7) is 2.21. The van der Waals surface area contributed by atoms with Gasteiger partial charge >= 0.3 is 5.97 Å². The molecule has 0 aliphatic carbocycles. The van der Waals surface area contributed by atoms with E-state index in [1.54, 1.807) is 0 Å². The maximum Gasteiger partial charge on any atom is 0.312 e. The zero-order chi connectivity index (χ0) is 10.4. The van der Waals surface area contributed by atoms with Crippen LogP contribution >= 0.6 is 12.2 Å². The Balaban J connectivity index is 2.07. The molecule has 0 spiro atoms. The average Bonchev–Trinajstić information content (AvgIpc) is 2.45. The second kappa shape index (κ2) is 6.12. The Morgan fingerprint density at radius 1 is 1.36 bits per heavy atom. The Kier molecular flexibility index (Phi) is 5.09. The van der Waals surface area contributed by atoms with Crippen LogP contribution in [0.2, 0.25) is 0 Å². The van der Waals surface area contributed by atoms with Crippen LogP contribution in [0.1, 0.15) is 51.9 Å². The van der Waals surface area contributed by atoms with Crippen LogP contribution in [0.25, 0.3) is 0 Å². The molecule has 0 radical (unpaired) electrons. The molecule has 2 nitrogen and oxygen atoms in total. The summed E-state index contributed by atoms with van der Waals surface area (Å²) >= 11 is 4.98. The van der Waals surface area contributed by atoms with Gasteiger partial charge in [-0.05, 0) is 18.6 Å². The summed E-state index contributed by atoms with van der Waals surface area (Å²) in [5, 5.41) is 0.519. The highest BCUT2D eigenvalue weighted by atomic mass is 32.1. The highest BCUT2D eigenvalue weighted by molar-refractivity contribution is 7.80. The first kappa shape index (κ1) is 11.6. The fourth-order valence-electron chi connectivity index (χ4n) is 1.74. The van der Waals surface area contributed by atoms with Gasteiger partial charge in [0.15, 0.2) is 5.05 Å². The molecule has 1 rings (SSSR count). The second-order valence-corrected chi connectivity index (χ2v) is 4.30. The van der Waals surface area contributed by atoms with Crippen molar-refractivity contribution in [2.24, 2.45) is 5.92 Å². The van der Waals surface area contributed by atoms with E-state index in [2.05, 4.69) is 6.92 Å². The van der Waals surface area contributed by atoms with Gasteiger partial charge in [0.1, 0.15) is 0 Å². The van der Waals surface area contributed by atoms with Crippen molar-refractivity contribution in [1.29, 1.82) is 0 Å². The molecule has 0 saturated carbocycles. The van der Waals surface area contributed by atoms with E-state index in [0.29, 0.717) is 11.5 Å². The topological polar surface area (TPSA) is 26.3 Å². The molecular formula is C11H18O2S. The lowest BCUT2D eigenvalue weighted by atomic mass is 10.00. The van der Waals surface area contributed by atoms with Gasteiger partial charge in [0.2, 0.25) is 0 Å². The molecule has 0 bridgehead atoms. The lowest BCUT2D eigenvalue weighted by Crippen LogP contribution is -2.04. The van der Waals surface area contributed by atoms with Crippen molar-refractivity contribution in [3.05, 3.63) is 0 Å². The van der Waals surface area contributed by atoms with Gasteiger partial charge < -0.3 is 4.74 Å². The largest absolute Gasteiger partial charge is 0.419 e. The lowest BCUT2D eigenvalue weighted by Gasteiger charge is -2.05. The van der Waals surface area contributed by atoms with E-state index in [9.17, 15) is 4.79 Å². The van der Waals surface area contributed by atoms with Gasteiger partial charge in [0.05, 0.1) is 6.42 Å². The first-order chi connectivity index (χ1) is 6.74. The number of cyclic esters (lactones) is 1. The van der Waals surface area contributed by atoms with E-state index in [1.807, 2.05) is 0 Å². The maximum absolute atomic E-state index is 10.9. The van der Waals surface area contributed by atoms with Crippen LogP contribution < -0.4 is 0 Å². The van der Waals surface area contributed by atoms with Crippen molar-refractivity contribution < 1.29 is 9.53 Å². The maximum atomic E-state index is 10.9. The molecule has 0 aromatic rings. The van der Waals surface area contributed by atoms with Crippen LogP contribution in [0, 0.1) is 5.92 Å². The fourth-order valence-corrected chi connectivity index (χ4v) is 2.03. The molecule has 0 amide bonds. The van der Waals surface area contributed by atoms with Gasteiger partial charge in [-0.1, -0.05) is 39.0 Å². The molecule has 1 fully saturated rings. The summed E-state index contributed by atoms with van der Waals surface area (Å²) in [5.41, 5.74) is 0. The highest BCUT2D eigenvalue weighted by Gasteiger charge is 2.28. The molecule has 1 aliphatic heterocycles. The number of hydrogen-bond donors (Lipinski definition) is 0. The van der Waals surface area contributed by atoms with Gasteiger partial charge in [0, 0.05) is 5.92 Å². The minimum absolute atomic E-state index is 0.145. The summed E-state index contributed by atoms with van der Waals surface area (Å²) in [7, 11) is 0. The molecule has 1 saturated heterocycles. The van der Waals surface area contributed by atoms with Crippen molar-refractivity contribution in [2.45, 2.75) is 51.9 Å². The van der Waals surface area contributed by atoms with Crippen LogP contribution in [-0.4, -0.2) is 11.0 Å². The van der Waals surface area contributed by atoms with Crippen LogP contribution in [0.4, 0.5) is 0 Å². The SMILES string of the molecule is CCCCCCCC1CC(=O)OC1=S. The standard InChI is InChI=1S/C11H18O2S/c1-2-3-4-5-6-7-9-8-10(12)13-11(9)14/h9H,2-8H2,1H3. The van der Waals surface area contributed by atoms with E-state index >= 15 is 0 Å². The van der Waals surface area contributed by atoms with E-state index in [0.717, 1.165) is 6.42 Å². The summed E-state index contributed by atoms with van der Waals surface area (Å²) in [6, 6.07) is 0. The minimum atomic E-state index is -0.145. The number of carbonyl (C=O) groups is 1. The summed E-state index contributed by atoms with van der Waals surface area (Å²) in [4.78, 5) is 10.9. The molecule has 1 aliphatic rings. The number of ether oxygens (including phenoxy) is 1. The number of carbonyl (C=O) groups excluding carboxylic acids is 1. The van der Waals surface area contributed by atoms with Gasteiger partial charge in [-0.25, -0.2) is 0 Å². The Morgan fingerprint density at radius 2 is 2.07 bits per heavy atom. The smallest absolute Gasteiger partial charge is 0.312 e. The summed E-state index contributed by atoms with van der Waals surface area (Å²) in [6.07, 6.45) is 7.82. The first-order valence-corrected chi connectivity index (χ1v) is 5.89. The van der Waals surface area contributed by atoms with E-state index in [1.165, 1.54) is 32.1 Å². The van der Waals surface area contributed by atoms with Crippen LogP contribution in [0.15, 0.2) is 0 Å². The van der Waals surface area contributed by atoms with E-state index < -0.39 is 0 Å². The second-order valence-electron chi connectivity index (χ2n) is 3.90. The number of hydrogen-bond acceptors (Lipinski definition) is 3. The van der Waals surface area contributed by atoms with Crippen molar-refractivity contribution in [2.75, 3.05) is 0 Å². The van der Waals surface area contributed by atoms with Crippen molar-refractivity contribution in [1.82, 2.24) is 0 Å². The minimum Gasteiger partial charge on any atom is -0.419 e. The average molecular weight is 214 g/mol. The predicted octanol–water partition coefficient (Wildman–Crippen LogP) is 3.24. The number of esters is 1. The molecule has 1 unspecified atom stereocenters. The summed E-state index contributed by atoms with van der Waals surface area (Å²) < 4.78 is 4.84. The van der Waals surface area contributed by atoms with Crippen LogP contribution in [-0.2, 0) is 9.53 Å². The Bertz CT molecular complexity index is 213. The third-order valence-corrected chi connectivity index (χ3v) is 3.03. The third kappa shape index (κ3) is 3.74. The zero-order valence-electron chi connectivity index (χ0n) is 8.75. The van der Waals surface area contributed by atoms with E-state index in [-0.39, 0.29) is 11.9 Å². The van der Waals surface area contributed by atoms with Gasteiger partial charge in [-0.15, -0.1) is 0 Å². The summed E-state index contributed by atoms with van der Waals surface area (Å²) in [5.74, 6) is 0.0766. The quantitative estimate of drug-likeness (QED) is 0.386. The van der Waals surface area contributed by atoms with Crippen LogP contribution in [0.3, 0.4) is 0 Å². The molecule has 1 heterocycles. The number of rotatable bonds is 6. The molecule has 3 heteroatoms. The Hall–Kier alpha value is -0.440. The predicted molar refractivity (Wildman–Crippen MR) is 60.2 cm³/mol. The van der Waals surface area contributed by atoms with Gasteiger partial charge in [-0.3, -0.25) is 4.79 Å². The molecule has 0 N–H and O–H groups in total. The first-order valence-electron chi connectivity index (χ1n) is 5.48. The molecule has 1 atom stereocenters. The fraction of sp³-hybridized carbons (Fsp3) is 0.818. The highest BCUT2D eigenvalue weighted by Crippen LogP contribution is 2.23. The molecule has 0 aromatic heterocycles. The molecular weight excluding hydrogens is 196 g/mol. The molecule has 0 aromatic carbocycles. The number of thiocarbonyl (C=S) groups is 1. The zero-order valence-corrected chi connectivity index (χ0v) is 9.57. The van der Waals surface area contributed by atoms with Crippen molar-refractivity contribution >= 4 is 23.2 Å². The third-order valence-electron chi connectivity index (χ3n) is 2.62. The molecule has 80 valence electrons. The van der Waals surface area contributed by atoms with E-state index in [4.69, 9.17) is 17.0 Å². The van der Waals surface area contributed by atoms with Gasteiger partial charge in [-0.2, -0.15) is 0 Å². The normalized spacial score (nSPS) is 21.4. The lowest BCUT2D eigenvalue weighted by molar-refractivity contribution is -0.133. The monoisotopic (exact) mass is 214 g/mol. The Morgan fingerprint density at radius 3 is 2.64 bits per heavy atom. The number of unbranched alkanes of at least 4 members (excludes halogenated alkanes) is 4. The van der Waals surface area contributed by atoms with Crippen molar-refractivity contribution in [3.8, 4) is 0 Å². The van der Waals surface area contributed by atoms with Crippen LogP contribution in [0.5, 0.6) is 0 Å². The Labute approximate surface area is 91.0 Å². The molecule has 14 heavy (non-hydrogen) atoms. The van der Waals surface area contributed by atoms with Gasteiger partial charge in [0.25, 0.3) is 0 Å².